The second-order valence-electron chi connectivity index (χ2n) is 2.32. The van der Waals surface area contributed by atoms with Crippen LogP contribution in [-0.4, -0.2) is 4.98 Å². The summed E-state index contributed by atoms with van der Waals surface area (Å²) < 4.78 is 0. The van der Waals surface area contributed by atoms with Gasteiger partial charge in [0.2, 0.25) is 0 Å². The molecule has 0 aliphatic rings. The maximum atomic E-state index is 8.39. The third-order valence-electron chi connectivity index (χ3n) is 1.54. The van der Waals surface area contributed by atoms with Crippen LogP contribution in [0.3, 0.4) is 0 Å². The van der Waals surface area contributed by atoms with E-state index in [0.717, 1.165) is 5.56 Å². The largest absolute Gasteiger partial charge is 0.397 e. The predicted molar refractivity (Wildman–Crippen MR) is 42.7 cm³/mol. The van der Waals surface area contributed by atoms with E-state index >= 15 is 0 Å². The van der Waals surface area contributed by atoms with Gasteiger partial charge in [-0.3, -0.25) is 4.98 Å². The van der Waals surface area contributed by atoms with Gasteiger partial charge in [-0.15, -0.1) is 0 Å². The van der Waals surface area contributed by atoms with Crippen molar-refractivity contribution in [1.29, 1.82) is 5.26 Å². The van der Waals surface area contributed by atoms with Crippen molar-refractivity contribution < 1.29 is 0 Å². The van der Waals surface area contributed by atoms with Crippen LogP contribution in [0.5, 0.6) is 0 Å². The molecule has 0 radical (unpaired) electrons. The highest BCUT2D eigenvalue weighted by atomic mass is 14.7. The molecule has 2 N–H and O–H groups in total. The van der Waals surface area contributed by atoms with Gasteiger partial charge in [0, 0.05) is 6.20 Å². The third kappa shape index (κ3) is 1.47. The smallest absolute Gasteiger partial charge is 0.0795 e. The van der Waals surface area contributed by atoms with E-state index in [1.807, 2.05) is 19.1 Å². The molecule has 0 aliphatic heterocycles. The molecule has 0 amide bonds. The van der Waals surface area contributed by atoms with Crippen LogP contribution in [0, 0.1) is 18.3 Å². The van der Waals surface area contributed by atoms with Crippen LogP contribution < -0.4 is 5.73 Å². The highest BCUT2D eigenvalue weighted by Gasteiger charge is 2.00. The number of nitrogen functional groups attached to an aromatic ring is 1. The van der Waals surface area contributed by atoms with Crippen LogP contribution in [0.2, 0.25) is 0 Å². The summed E-state index contributed by atoms with van der Waals surface area (Å²) in [5, 5.41) is 8.39. The number of hydrogen-bond acceptors (Lipinski definition) is 3. The fourth-order valence-electron chi connectivity index (χ4n) is 0.842. The van der Waals surface area contributed by atoms with Crippen LogP contribution in [0.4, 0.5) is 5.69 Å². The van der Waals surface area contributed by atoms with Crippen LogP contribution >= 0.6 is 0 Å². The molecule has 0 aromatic carbocycles. The Balaban J connectivity index is 3.08. The lowest BCUT2D eigenvalue weighted by Gasteiger charge is -2.01. The van der Waals surface area contributed by atoms with E-state index in [1.54, 1.807) is 6.20 Å². The summed E-state index contributed by atoms with van der Waals surface area (Å²) in [5.74, 6) is 0. The number of nitrogens with zero attached hydrogens (tertiary/aromatic N) is 2. The number of nitriles is 1. The molecule has 11 heavy (non-hydrogen) atoms. The summed E-state index contributed by atoms with van der Waals surface area (Å²) in [7, 11) is 0. The molecule has 0 aliphatic carbocycles. The average Bonchev–Trinajstić information content (AvgIpc) is 1.99. The monoisotopic (exact) mass is 147 g/mol. The van der Waals surface area contributed by atoms with Crippen molar-refractivity contribution in [1.82, 2.24) is 4.98 Å². The van der Waals surface area contributed by atoms with Crippen molar-refractivity contribution in [2.45, 2.75) is 13.3 Å². The summed E-state index contributed by atoms with van der Waals surface area (Å²) >= 11 is 0. The summed E-state index contributed by atoms with van der Waals surface area (Å²) in [6, 6.07) is 3.84. The molecule has 0 saturated carbocycles. The first-order chi connectivity index (χ1) is 5.25. The fourth-order valence-corrected chi connectivity index (χ4v) is 0.842. The number of nitrogens with two attached hydrogens (primary N) is 1. The van der Waals surface area contributed by atoms with Gasteiger partial charge in [0.1, 0.15) is 0 Å². The molecule has 0 saturated heterocycles. The fraction of sp³-hybridized carbons (Fsp3) is 0.250. The Labute approximate surface area is 65.5 Å². The van der Waals surface area contributed by atoms with Crippen LogP contribution in [0.15, 0.2) is 12.3 Å². The Morgan fingerprint density at radius 1 is 1.73 bits per heavy atom. The van der Waals surface area contributed by atoms with Crippen molar-refractivity contribution in [2.75, 3.05) is 5.73 Å². The summed E-state index contributed by atoms with van der Waals surface area (Å²) in [5.41, 5.74) is 7.94. The van der Waals surface area contributed by atoms with Gasteiger partial charge in [-0.1, -0.05) is 0 Å². The highest BCUT2D eigenvalue weighted by Crippen LogP contribution is 2.13. The van der Waals surface area contributed by atoms with Gasteiger partial charge in [-0.05, 0) is 18.6 Å². The summed E-state index contributed by atoms with van der Waals surface area (Å²) in [6.07, 6.45) is 1.95. The zero-order valence-electron chi connectivity index (χ0n) is 6.33. The minimum absolute atomic E-state index is 0.285. The zero-order valence-corrected chi connectivity index (χ0v) is 6.33. The molecule has 1 aromatic rings. The van der Waals surface area contributed by atoms with Gasteiger partial charge in [0.15, 0.2) is 0 Å². The predicted octanol–water partition coefficient (Wildman–Crippen LogP) is 1.04. The molecule has 0 fully saturated rings. The van der Waals surface area contributed by atoms with Crippen molar-refractivity contribution in [2.24, 2.45) is 0 Å². The van der Waals surface area contributed by atoms with Gasteiger partial charge >= 0.3 is 0 Å². The molecule has 1 aromatic heterocycles. The molecule has 3 nitrogen and oxygen atoms in total. The first-order valence-corrected chi connectivity index (χ1v) is 3.32. The number of pyridine rings is 1. The maximum Gasteiger partial charge on any atom is 0.0795 e. The molecule has 0 atom stereocenters. The van der Waals surface area contributed by atoms with Crippen molar-refractivity contribution in [3.8, 4) is 6.07 Å². The number of hydrogen-bond donors (Lipinski definition) is 1. The lowest BCUT2D eigenvalue weighted by atomic mass is 10.2. The third-order valence-corrected chi connectivity index (χ3v) is 1.54. The topological polar surface area (TPSA) is 62.7 Å². The first kappa shape index (κ1) is 7.55. The average molecular weight is 147 g/mol. The van der Waals surface area contributed by atoms with Crippen molar-refractivity contribution in [3.05, 3.63) is 23.5 Å². The second kappa shape index (κ2) is 3.02. The number of anilines is 1. The number of rotatable bonds is 1. The molecule has 3 heteroatoms. The van der Waals surface area contributed by atoms with Crippen molar-refractivity contribution >= 4 is 5.69 Å². The van der Waals surface area contributed by atoms with Gasteiger partial charge in [-0.25, -0.2) is 0 Å². The number of aromatic nitrogens is 1. The van der Waals surface area contributed by atoms with Crippen LogP contribution in [-0.2, 0) is 6.42 Å². The number of aryl methyl sites for hydroxylation is 1. The van der Waals surface area contributed by atoms with E-state index in [4.69, 9.17) is 11.0 Å². The van der Waals surface area contributed by atoms with E-state index < -0.39 is 0 Å². The minimum Gasteiger partial charge on any atom is -0.397 e. The van der Waals surface area contributed by atoms with Gasteiger partial charge in [0.05, 0.1) is 23.9 Å². The summed E-state index contributed by atoms with van der Waals surface area (Å²) in [6.45, 7) is 1.90. The molecular weight excluding hydrogens is 138 g/mol. The van der Waals surface area contributed by atoms with Gasteiger partial charge in [0.25, 0.3) is 0 Å². The molecule has 1 rings (SSSR count). The van der Waals surface area contributed by atoms with E-state index in [1.165, 1.54) is 0 Å². The summed E-state index contributed by atoms with van der Waals surface area (Å²) in [4.78, 5) is 3.98. The standard InChI is InChI=1S/C8H9N3/c1-6-3-5-11-7(2-4-9)8(6)10/h3,5H,2,10H2,1H3. The Bertz CT molecular complexity index is 299. The first-order valence-electron chi connectivity index (χ1n) is 3.32. The normalized spacial score (nSPS) is 9.09. The van der Waals surface area contributed by atoms with E-state index in [0.29, 0.717) is 11.4 Å². The molecule has 56 valence electrons. The van der Waals surface area contributed by atoms with Gasteiger partial charge < -0.3 is 5.73 Å². The molecule has 0 spiro atoms. The molecule has 1 heterocycles. The van der Waals surface area contributed by atoms with Crippen molar-refractivity contribution in [3.63, 3.8) is 0 Å². The zero-order chi connectivity index (χ0) is 8.27. The van der Waals surface area contributed by atoms with Gasteiger partial charge in [-0.2, -0.15) is 5.26 Å². The van der Waals surface area contributed by atoms with E-state index in [-0.39, 0.29) is 6.42 Å². The van der Waals surface area contributed by atoms with E-state index in [9.17, 15) is 0 Å². The lowest BCUT2D eigenvalue weighted by molar-refractivity contribution is 1.11. The molecule has 0 bridgehead atoms. The highest BCUT2D eigenvalue weighted by molar-refractivity contribution is 5.50. The quantitative estimate of drug-likeness (QED) is 0.645. The minimum atomic E-state index is 0.285. The Hall–Kier alpha value is -1.56. The van der Waals surface area contributed by atoms with E-state index in [2.05, 4.69) is 4.98 Å². The van der Waals surface area contributed by atoms with Crippen LogP contribution in [0.25, 0.3) is 0 Å². The SMILES string of the molecule is Cc1ccnc(CC#N)c1N. The maximum absolute atomic E-state index is 8.39. The Morgan fingerprint density at radius 2 is 2.45 bits per heavy atom. The Kier molecular flexibility index (Phi) is 2.07. The Morgan fingerprint density at radius 3 is 3.09 bits per heavy atom. The second-order valence-corrected chi connectivity index (χ2v) is 2.32. The molecular formula is C8H9N3. The van der Waals surface area contributed by atoms with Crippen LogP contribution in [0.1, 0.15) is 11.3 Å². The molecule has 0 unspecified atom stereocenters. The lowest BCUT2D eigenvalue weighted by Crippen LogP contribution is -1.98.